The number of nitrogens with zero attached hydrogens (tertiary/aromatic N) is 2. The van der Waals surface area contributed by atoms with Crippen LogP contribution in [0.15, 0.2) is 63.1 Å². The molecule has 0 aliphatic heterocycles. The minimum atomic E-state index is -3.59. The summed E-state index contributed by atoms with van der Waals surface area (Å²) in [7, 11) is -3.59. The van der Waals surface area contributed by atoms with Gasteiger partial charge >= 0.3 is 0 Å². The first-order chi connectivity index (χ1) is 14.9. The lowest BCUT2D eigenvalue weighted by molar-refractivity contribution is -0.120. The molecule has 1 atom stereocenters. The lowest BCUT2D eigenvalue weighted by Crippen LogP contribution is -2.30. The van der Waals surface area contributed by atoms with Gasteiger partial charge < -0.3 is 9.73 Å². The van der Waals surface area contributed by atoms with Gasteiger partial charge in [-0.1, -0.05) is 44.2 Å². The second-order valence-corrected chi connectivity index (χ2v) is 10.4. The van der Waals surface area contributed by atoms with Crippen molar-refractivity contribution in [1.82, 2.24) is 14.6 Å². The van der Waals surface area contributed by atoms with E-state index in [0.717, 1.165) is 18.4 Å². The number of amides is 1. The van der Waals surface area contributed by atoms with Crippen LogP contribution in [0.4, 0.5) is 0 Å². The zero-order valence-corrected chi connectivity index (χ0v) is 19.1. The third-order valence-electron chi connectivity index (χ3n) is 5.17. The number of aromatic nitrogens is 1. The number of hydrogen-bond acceptors (Lipinski definition) is 6. The van der Waals surface area contributed by atoms with Gasteiger partial charge in [0.25, 0.3) is 5.22 Å². The number of sulfonamides is 1. The molecule has 1 aromatic heterocycles. The Labute approximate surface area is 186 Å². The van der Waals surface area contributed by atoms with Crippen molar-refractivity contribution >= 4 is 38.8 Å². The fraction of sp³-hybridized carbons (Fsp3) is 0.364. The average Bonchev–Trinajstić information content (AvgIpc) is 3.48. The Morgan fingerprint density at radius 2 is 1.90 bits per heavy atom. The van der Waals surface area contributed by atoms with Crippen LogP contribution in [0.5, 0.6) is 0 Å². The number of thioether (sulfide) groups is 1. The molecular weight excluding hydrogens is 434 g/mol. The zero-order chi connectivity index (χ0) is 22.0. The predicted octanol–water partition coefficient (Wildman–Crippen LogP) is 3.97. The summed E-state index contributed by atoms with van der Waals surface area (Å²) < 4.78 is 32.9. The molecule has 1 aliphatic carbocycles. The van der Waals surface area contributed by atoms with E-state index in [1.165, 1.54) is 28.2 Å². The lowest BCUT2D eigenvalue weighted by Gasteiger charge is -2.18. The third-order valence-corrected chi connectivity index (χ3v) is 8.31. The van der Waals surface area contributed by atoms with E-state index in [1.54, 1.807) is 19.9 Å². The molecule has 1 heterocycles. The molecule has 1 amide bonds. The van der Waals surface area contributed by atoms with Crippen LogP contribution in [-0.2, 0) is 14.8 Å². The van der Waals surface area contributed by atoms with Crippen molar-refractivity contribution in [3.63, 3.8) is 0 Å². The molecule has 1 N–H and O–H groups in total. The highest BCUT2D eigenvalue weighted by Crippen LogP contribution is 2.37. The largest absolute Gasteiger partial charge is 0.431 e. The first-order valence-corrected chi connectivity index (χ1v) is 12.7. The number of fused-ring (bicyclic) bond motifs is 1. The summed E-state index contributed by atoms with van der Waals surface area (Å²) in [4.78, 5) is 17.5. The minimum Gasteiger partial charge on any atom is -0.431 e. The van der Waals surface area contributed by atoms with Crippen molar-refractivity contribution in [3.05, 3.63) is 54.1 Å². The highest BCUT2D eigenvalue weighted by atomic mass is 32.2. The maximum absolute atomic E-state index is 12.9. The Balaban J connectivity index is 1.63. The van der Waals surface area contributed by atoms with Gasteiger partial charge in [0.15, 0.2) is 5.58 Å². The van der Waals surface area contributed by atoms with Gasteiger partial charge in [0.1, 0.15) is 10.8 Å². The highest BCUT2D eigenvalue weighted by molar-refractivity contribution is 8.00. The molecule has 0 bridgehead atoms. The van der Waals surface area contributed by atoms with Crippen molar-refractivity contribution in [2.45, 2.75) is 48.1 Å². The molecule has 9 heteroatoms. The van der Waals surface area contributed by atoms with Crippen LogP contribution >= 0.6 is 11.8 Å². The molecule has 0 radical (unpaired) electrons. The van der Waals surface area contributed by atoms with Crippen LogP contribution < -0.4 is 5.32 Å². The number of oxazole rings is 1. The van der Waals surface area contributed by atoms with Crippen LogP contribution in [0.3, 0.4) is 0 Å². The maximum atomic E-state index is 12.9. The van der Waals surface area contributed by atoms with Crippen molar-refractivity contribution < 1.29 is 17.6 Å². The quantitative estimate of drug-likeness (QED) is 0.487. The summed E-state index contributed by atoms with van der Waals surface area (Å²) >= 11 is 1.22. The number of hydrogen-bond donors (Lipinski definition) is 1. The summed E-state index contributed by atoms with van der Waals surface area (Å²) in [6.07, 6.45) is 2.01. The van der Waals surface area contributed by atoms with Gasteiger partial charge in [-0.3, -0.25) is 4.79 Å². The number of nitrogens with one attached hydrogen (secondary N) is 1. The van der Waals surface area contributed by atoms with Gasteiger partial charge in [0.05, 0.1) is 4.90 Å². The Morgan fingerprint density at radius 1 is 1.19 bits per heavy atom. The SMILES string of the molecule is CCN(CC)S(=O)(=O)c1ccc2oc(SC(C(=O)NC3CC3)c3ccccc3)nc2c1. The summed E-state index contributed by atoms with van der Waals surface area (Å²) in [5.41, 5.74) is 1.79. The van der Waals surface area contributed by atoms with Crippen LogP contribution in [0.2, 0.25) is 0 Å². The van der Waals surface area contributed by atoms with E-state index in [9.17, 15) is 13.2 Å². The standard InChI is InChI=1S/C22H25N3O4S2/c1-3-25(4-2)31(27,28)17-12-13-19-18(14-17)24-22(29-19)30-20(15-8-6-5-7-9-15)21(26)23-16-10-11-16/h5-9,12-14,16,20H,3-4,10-11H2,1-2H3,(H,23,26). The topological polar surface area (TPSA) is 92.5 Å². The molecule has 0 saturated heterocycles. The molecule has 4 rings (SSSR count). The molecule has 1 unspecified atom stereocenters. The molecule has 3 aromatic rings. The summed E-state index contributed by atoms with van der Waals surface area (Å²) in [5, 5.41) is 2.87. The summed E-state index contributed by atoms with van der Waals surface area (Å²) in [6, 6.07) is 14.4. The van der Waals surface area contributed by atoms with Crippen LogP contribution in [0.25, 0.3) is 11.1 Å². The number of benzene rings is 2. The van der Waals surface area contributed by atoms with E-state index in [0.29, 0.717) is 29.4 Å². The Morgan fingerprint density at radius 3 is 2.55 bits per heavy atom. The lowest BCUT2D eigenvalue weighted by atomic mass is 10.1. The zero-order valence-electron chi connectivity index (χ0n) is 17.4. The van der Waals surface area contributed by atoms with Gasteiger partial charge in [-0.2, -0.15) is 4.31 Å². The molecule has 1 fully saturated rings. The smallest absolute Gasteiger partial charge is 0.257 e. The molecule has 2 aromatic carbocycles. The second-order valence-electron chi connectivity index (χ2n) is 7.39. The second kappa shape index (κ2) is 9.02. The van der Waals surface area contributed by atoms with Gasteiger partial charge in [0, 0.05) is 19.1 Å². The molecular formula is C22H25N3O4S2. The van der Waals surface area contributed by atoms with Crippen LogP contribution in [0.1, 0.15) is 37.5 Å². The molecule has 7 nitrogen and oxygen atoms in total. The normalized spacial score (nSPS) is 15.3. The van der Waals surface area contributed by atoms with E-state index in [-0.39, 0.29) is 16.8 Å². The molecule has 31 heavy (non-hydrogen) atoms. The number of carbonyl (C=O) groups excluding carboxylic acids is 1. The fourth-order valence-electron chi connectivity index (χ4n) is 3.32. The van der Waals surface area contributed by atoms with Crippen molar-refractivity contribution in [2.24, 2.45) is 0 Å². The number of rotatable bonds is 9. The first-order valence-electron chi connectivity index (χ1n) is 10.3. The van der Waals surface area contributed by atoms with Crippen LogP contribution in [-0.4, -0.2) is 42.7 Å². The van der Waals surface area contributed by atoms with Gasteiger partial charge in [-0.25, -0.2) is 13.4 Å². The molecule has 1 saturated carbocycles. The van der Waals surface area contributed by atoms with E-state index in [4.69, 9.17) is 4.42 Å². The van der Waals surface area contributed by atoms with Crippen molar-refractivity contribution in [3.8, 4) is 0 Å². The monoisotopic (exact) mass is 459 g/mol. The minimum absolute atomic E-state index is 0.0780. The third kappa shape index (κ3) is 4.78. The first kappa shape index (κ1) is 21.9. The maximum Gasteiger partial charge on any atom is 0.257 e. The molecule has 164 valence electrons. The van der Waals surface area contributed by atoms with E-state index >= 15 is 0 Å². The highest BCUT2D eigenvalue weighted by Gasteiger charge is 2.30. The van der Waals surface area contributed by atoms with Crippen molar-refractivity contribution in [1.29, 1.82) is 0 Å². The fourth-order valence-corrected chi connectivity index (χ4v) is 5.75. The molecule has 1 aliphatic rings. The molecule has 0 spiro atoms. The number of carbonyl (C=O) groups is 1. The van der Waals surface area contributed by atoms with Gasteiger partial charge in [-0.05, 0) is 48.4 Å². The summed E-state index contributed by atoms with van der Waals surface area (Å²) in [6.45, 7) is 4.40. The Bertz CT molecular complexity index is 1170. The summed E-state index contributed by atoms with van der Waals surface area (Å²) in [5.74, 6) is -0.0780. The Kier molecular flexibility index (Phi) is 6.36. The van der Waals surface area contributed by atoms with E-state index in [2.05, 4.69) is 10.3 Å². The van der Waals surface area contributed by atoms with Crippen LogP contribution in [0, 0.1) is 0 Å². The van der Waals surface area contributed by atoms with E-state index in [1.807, 2.05) is 30.3 Å². The average molecular weight is 460 g/mol. The van der Waals surface area contributed by atoms with Gasteiger partial charge in [-0.15, -0.1) is 0 Å². The predicted molar refractivity (Wildman–Crippen MR) is 120 cm³/mol. The van der Waals surface area contributed by atoms with Gasteiger partial charge in [0.2, 0.25) is 15.9 Å². The van der Waals surface area contributed by atoms with E-state index < -0.39 is 15.3 Å². The Hall–Kier alpha value is -2.36. The van der Waals surface area contributed by atoms with Crippen molar-refractivity contribution in [2.75, 3.05) is 13.1 Å².